The van der Waals surface area contributed by atoms with Crippen LogP contribution >= 0.6 is 0 Å². The van der Waals surface area contributed by atoms with Crippen molar-refractivity contribution in [3.05, 3.63) is 71.3 Å². The van der Waals surface area contributed by atoms with Gasteiger partial charge < -0.3 is 10.2 Å². The van der Waals surface area contributed by atoms with Crippen molar-refractivity contribution >= 4 is 5.91 Å². The van der Waals surface area contributed by atoms with Gasteiger partial charge in [0.25, 0.3) is 5.91 Å². The Morgan fingerprint density at radius 3 is 2.28 bits per heavy atom. The first-order valence-electron chi connectivity index (χ1n) is 9.46. The Labute approximate surface area is 150 Å². The molecule has 3 nitrogen and oxygen atoms in total. The maximum atomic E-state index is 12.5. The fourth-order valence-corrected chi connectivity index (χ4v) is 4.64. The van der Waals surface area contributed by atoms with Gasteiger partial charge in [0.15, 0.2) is 0 Å². The highest BCUT2D eigenvalue weighted by Gasteiger charge is 2.44. The van der Waals surface area contributed by atoms with Gasteiger partial charge in [0.1, 0.15) is 6.54 Å². The van der Waals surface area contributed by atoms with Gasteiger partial charge in [0.05, 0.1) is 12.1 Å². The summed E-state index contributed by atoms with van der Waals surface area (Å²) < 4.78 is 0. The summed E-state index contributed by atoms with van der Waals surface area (Å²) in [5.41, 5.74) is 3.39. The number of amides is 1. The van der Waals surface area contributed by atoms with Gasteiger partial charge >= 0.3 is 0 Å². The molecule has 2 unspecified atom stereocenters. The van der Waals surface area contributed by atoms with Crippen LogP contribution in [0.1, 0.15) is 47.2 Å². The lowest BCUT2D eigenvalue weighted by Crippen LogP contribution is -3.17. The number of carbonyl (C=O) groups is 1. The van der Waals surface area contributed by atoms with Crippen LogP contribution in [-0.4, -0.2) is 24.0 Å². The number of piperidine rings is 1. The summed E-state index contributed by atoms with van der Waals surface area (Å²) in [4.78, 5) is 14.2. The third-order valence-corrected chi connectivity index (χ3v) is 5.95. The number of aryl methyl sites for hydroxylation is 1. The maximum Gasteiger partial charge on any atom is 0.251 e. The second-order valence-corrected chi connectivity index (χ2v) is 7.72. The van der Waals surface area contributed by atoms with Crippen molar-refractivity contribution in [2.45, 2.75) is 57.3 Å². The first-order chi connectivity index (χ1) is 12.2. The molecule has 2 aliphatic heterocycles. The Kier molecular flexibility index (Phi) is 4.58. The van der Waals surface area contributed by atoms with Crippen molar-refractivity contribution in [1.29, 1.82) is 0 Å². The van der Waals surface area contributed by atoms with Crippen LogP contribution in [0.25, 0.3) is 0 Å². The lowest BCUT2D eigenvalue weighted by atomic mass is 9.96. The van der Waals surface area contributed by atoms with Crippen LogP contribution in [0.2, 0.25) is 0 Å². The summed E-state index contributed by atoms with van der Waals surface area (Å²) in [6.07, 6.45) is 4.81. The van der Waals surface area contributed by atoms with Crippen molar-refractivity contribution in [2.75, 3.05) is 0 Å². The fraction of sp³-hybridized carbons (Fsp3) is 0.409. The molecule has 1 amide bonds. The Bertz CT molecular complexity index is 711. The zero-order valence-corrected chi connectivity index (χ0v) is 14.9. The highest BCUT2D eigenvalue weighted by molar-refractivity contribution is 5.94. The Balaban J connectivity index is 1.38. The summed E-state index contributed by atoms with van der Waals surface area (Å²) >= 11 is 0. The Morgan fingerprint density at radius 2 is 1.64 bits per heavy atom. The van der Waals surface area contributed by atoms with Crippen molar-refractivity contribution in [3.8, 4) is 0 Å². The molecule has 130 valence electrons. The number of rotatable bonds is 4. The molecule has 2 aromatic rings. The summed E-state index contributed by atoms with van der Waals surface area (Å²) in [5, 5.41) is 3.29. The fourth-order valence-electron chi connectivity index (χ4n) is 4.64. The van der Waals surface area contributed by atoms with E-state index in [9.17, 15) is 4.79 Å². The van der Waals surface area contributed by atoms with E-state index in [1.807, 2.05) is 31.2 Å². The van der Waals surface area contributed by atoms with Crippen molar-refractivity contribution < 1.29 is 9.69 Å². The molecule has 2 bridgehead atoms. The predicted octanol–water partition coefficient (Wildman–Crippen LogP) is 2.50. The van der Waals surface area contributed by atoms with E-state index in [1.165, 1.54) is 24.0 Å². The number of hydrogen-bond donors (Lipinski definition) is 2. The monoisotopic (exact) mass is 335 g/mol. The molecule has 0 aromatic heterocycles. The van der Waals surface area contributed by atoms with E-state index < -0.39 is 0 Å². The van der Waals surface area contributed by atoms with Gasteiger partial charge in [-0.15, -0.1) is 0 Å². The molecular formula is C22H27N2O+. The van der Waals surface area contributed by atoms with Gasteiger partial charge in [-0.3, -0.25) is 4.79 Å². The SMILES string of the molecule is Cc1ccc(C(=O)NC2C[C@H]3CC[C@@H](C2)[NH+]3Cc2ccccc2)cc1. The average Bonchev–Trinajstić information content (AvgIpc) is 2.86. The van der Waals surface area contributed by atoms with Crippen LogP contribution in [0.3, 0.4) is 0 Å². The molecule has 0 radical (unpaired) electrons. The summed E-state index contributed by atoms with van der Waals surface area (Å²) in [5.74, 6) is 0.0795. The van der Waals surface area contributed by atoms with Gasteiger partial charge in [-0.05, 0) is 19.1 Å². The molecule has 2 N–H and O–H groups in total. The zero-order valence-electron chi connectivity index (χ0n) is 14.9. The lowest BCUT2D eigenvalue weighted by Gasteiger charge is -2.36. The largest absolute Gasteiger partial charge is 0.349 e. The number of quaternary nitrogens is 1. The summed E-state index contributed by atoms with van der Waals surface area (Å²) in [6.45, 7) is 3.17. The number of hydrogen-bond acceptors (Lipinski definition) is 1. The summed E-state index contributed by atoms with van der Waals surface area (Å²) in [7, 11) is 0. The molecule has 2 aliphatic rings. The van der Waals surface area contributed by atoms with E-state index in [2.05, 4.69) is 35.6 Å². The minimum Gasteiger partial charge on any atom is -0.349 e. The standard InChI is InChI=1S/C22H26N2O/c1-16-7-9-18(10-8-16)22(25)23-19-13-20-11-12-21(14-19)24(20)15-17-5-3-2-4-6-17/h2-10,19-21H,11-15H2,1H3,(H,23,25)/p+1/t19?,20-,21+. The van der Waals surface area contributed by atoms with E-state index in [0.29, 0.717) is 18.1 Å². The van der Waals surface area contributed by atoms with Gasteiger partial charge in [-0.25, -0.2) is 0 Å². The topological polar surface area (TPSA) is 33.5 Å². The highest BCUT2D eigenvalue weighted by Crippen LogP contribution is 2.24. The number of carbonyl (C=O) groups excluding carboxylic acids is 1. The average molecular weight is 335 g/mol. The molecular weight excluding hydrogens is 308 g/mol. The molecule has 0 saturated carbocycles. The lowest BCUT2D eigenvalue weighted by molar-refractivity contribution is -0.954. The second kappa shape index (κ2) is 7.01. The van der Waals surface area contributed by atoms with Crippen molar-refractivity contribution in [3.63, 3.8) is 0 Å². The van der Waals surface area contributed by atoms with Gasteiger partial charge in [0, 0.05) is 42.9 Å². The second-order valence-electron chi connectivity index (χ2n) is 7.72. The quantitative estimate of drug-likeness (QED) is 0.884. The molecule has 0 aliphatic carbocycles. The van der Waals surface area contributed by atoms with Crippen LogP contribution in [0.5, 0.6) is 0 Å². The summed E-state index contributed by atoms with van der Waals surface area (Å²) in [6, 6.07) is 20.4. The van der Waals surface area contributed by atoms with E-state index in [1.54, 1.807) is 4.90 Å². The molecule has 25 heavy (non-hydrogen) atoms. The molecule has 2 fully saturated rings. The molecule has 0 spiro atoms. The number of fused-ring (bicyclic) bond motifs is 2. The van der Waals surface area contributed by atoms with E-state index in [0.717, 1.165) is 24.9 Å². The minimum absolute atomic E-state index is 0.0795. The third-order valence-electron chi connectivity index (χ3n) is 5.95. The van der Waals surface area contributed by atoms with Crippen LogP contribution in [0.4, 0.5) is 0 Å². The first-order valence-corrected chi connectivity index (χ1v) is 9.46. The smallest absolute Gasteiger partial charge is 0.251 e. The van der Waals surface area contributed by atoms with Gasteiger partial charge in [-0.2, -0.15) is 0 Å². The first kappa shape index (κ1) is 16.3. The number of nitrogens with one attached hydrogen (secondary N) is 2. The molecule has 4 atom stereocenters. The van der Waals surface area contributed by atoms with E-state index in [4.69, 9.17) is 0 Å². The van der Waals surface area contributed by atoms with Crippen LogP contribution in [0, 0.1) is 6.92 Å². The van der Waals surface area contributed by atoms with Crippen LogP contribution in [0.15, 0.2) is 54.6 Å². The Hall–Kier alpha value is -2.13. The molecule has 3 heteroatoms. The zero-order chi connectivity index (χ0) is 17.2. The van der Waals surface area contributed by atoms with Crippen LogP contribution in [-0.2, 0) is 6.54 Å². The highest BCUT2D eigenvalue weighted by atomic mass is 16.1. The Morgan fingerprint density at radius 1 is 1.00 bits per heavy atom. The van der Waals surface area contributed by atoms with Crippen molar-refractivity contribution in [2.24, 2.45) is 0 Å². The maximum absolute atomic E-state index is 12.5. The third kappa shape index (κ3) is 3.62. The molecule has 2 aromatic carbocycles. The molecule has 2 heterocycles. The minimum atomic E-state index is 0.0795. The predicted molar refractivity (Wildman–Crippen MR) is 99.6 cm³/mol. The van der Waals surface area contributed by atoms with Crippen LogP contribution < -0.4 is 10.2 Å². The van der Waals surface area contributed by atoms with E-state index in [-0.39, 0.29) is 5.91 Å². The normalized spacial score (nSPS) is 27.9. The molecule has 2 saturated heterocycles. The van der Waals surface area contributed by atoms with Crippen molar-refractivity contribution in [1.82, 2.24) is 5.32 Å². The number of benzene rings is 2. The van der Waals surface area contributed by atoms with Gasteiger partial charge in [-0.1, -0.05) is 48.0 Å². The van der Waals surface area contributed by atoms with E-state index >= 15 is 0 Å². The van der Waals surface area contributed by atoms with Gasteiger partial charge in [0.2, 0.25) is 0 Å². The molecule has 4 rings (SSSR count).